The monoisotopic (exact) mass is 671 g/mol. The van der Waals surface area contributed by atoms with Gasteiger partial charge in [-0.2, -0.15) is 0 Å². The van der Waals surface area contributed by atoms with Gasteiger partial charge in [-0.3, -0.25) is 28.8 Å². The Hall–Kier alpha value is -3.26. The molecule has 14 nitrogen and oxygen atoms in total. The molecule has 0 heterocycles. The summed E-state index contributed by atoms with van der Waals surface area (Å²) < 4.78 is 0. The molecule has 0 aromatic heterocycles. The van der Waals surface area contributed by atoms with E-state index in [-0.39, 0.29) is 36.0 Å². The Labute approximate surface area is 280 Å². The van der Waals surface area contributed by atoms with Crippen LogP contribution in [0.15, 0.2) is 0 Å². The summed E-state index contributed by atoms with van der Waals surface area (Å²) in [6.45, 7) is 17.9. The molecule has 0 aliphatic carbocycles. The van der Waals surface area contributed by atoms with Crippen LogP contribution >= 0.6 is 0 Å². The van der Waals surface area contributed by atoms with Gasteiger partial charge in [0, 0.05) is 6.42 Å². The van der Waals surface area contributed by atoms with Gasteiger partial charge in [-0.25, -0.2) is 0 Å². The van der Waals surface area contributed by atoms with Gasteiger partial charge in [0.1, 0.15) is 18.1 Å². The summed E-state index contributed by atoms with van der Waals surface area (Å²) in [7, 11) is 0. The molecule has 0 saturated heterocycles. The molecule has 0 bridgehead atoms. The van der Waals surface area contributed by atoms with Crippen LogP contribution in [-0.4, -0.2) is 93.2 Å². The number of hydrogen-bond acceptors (Lipinski definition) is 8. The average Bonchev–Trinajstić information content (AvgIpc) is 2.92. The van der Waals surface area contributed by atoms with Crippen LogP contribution in [0, 0.1) is 23.7 Å². The lowest BCUT2D eigenvalue weighted by Crippen LogP contribution is -2.59. The molecule has 8 N–H and O–H groups in total. The van der Waals surface area contributed by atoms with E-state index in [1.54, 1.807) is 27.7 Å². The average molecular weight is 672 g/mol. The van der Waals surface area contributed by atoms with Crippen molar-refractivity contribution in [2.75, 3.05) is 0 Å². The van der Waals surface area contributed by atoms with Gasteiger partial charge in [0.15, 0.2) is 0 Å². The first-order valence-electron chi connectivity index (χ1n) is 16.8. The molecule has 272 valence electrons. The van der Waals surface area contributed by atoms with Gasteiger partial charge in [-0.1, -0.05) is 68.7 Å². The van der Waals surface area contributed by atoms with Crippen molar-refractivity contribution < 1.29 is 44.1 Å². The van der Waals surface area contributed by atoms with Crippen LogP contribution in [0.25, 0.3) is 0 Å². The van der Waals surface area contributed by atoms with Crippen molar-refractivity contribution in [3.8, 4) is 0 Å². The Morgan fingerprint density at radius 3 is 1.49 bits per heavy atom. The normalized spacial score (nSPS) is 16.1. The number of carboxylic acid groups (broad SMARTS) is 1. The number of carboxylic acids is 1. The molecule has 0 saturated carbocycles. The highest BCUT2D eigenvalue weighted by molar-refractivity contribution is 5.92. The van der Waals surface area contributed by atoms with Crippen molar-refractivity contribution in [2.45, 2.75) is 150 Å². The second kappa shape index (κ2) is 21.6. The van der Waals surface area contributed by atoms with Gasteiger partial charge in [-0.15, -0.1) is 0 Å². The molecule has 0 unspecified atom stereocenters. The molecule has 0 spiro atoms. The number of aliphatic hydroxyl groups is 2. The van der Waals surface area contributed by atoms with Crippen LogP contribution in [0.1, 0.15) is 108 Å². The van der Waals surface area contributed by atoms with Gasteiger partial charge in [0.25, 0.3) is 0 Å². The van der Waals surface area contributed by atoms with E-state index in [1.807, 2.05) is 34.6 Å². The fourth-order valence-electron chi connectivity index (χ4n) is 5.01. The third kappa shape index (κ3) is 17.5. The van der Waals surface area contributed by atoms with E-state index in [4.69, 9.17) is 5.11 Å². The van der Waals surface area contributed by atoms with Crippen LogP contribution in [0.2, 0.25) is 0 Å². The van der Waals surface area contributed by atoms with Crippen LogP contribution in [-0.2, 0) is 28.8 Å². The van der Waals surface area contributed by atoms with Crippen LogP contribution < -0.4 is 26.6 Å². The van der Waals surface area contributed by atoms with Crippen molar-refractivity contribution in [3.63, 3.8) is 0 Å². The molecule has 0 aromatic rings. The van der Waals surface area contributed by atoms with E-state index >= 15 is 0 Å². The molecule has 0 aromatic carbocycles. The molecule has 47 heavy (non-hydrogen) atoms. The smallest absolute Gasteiger partial charge is 0.306 e. The molecule has 0 rings (SSSR count). The number of carbonyl (C=O) groups excluding carboxylic acids is 5. The minimum Gasteiger partial charge on any atom is -0.481 e. The second-order valence-corrected chi connectivity index (χ2v) is 14.0. The number of carbonyl (C=O) groups is 6. The maximum atomic E-state index is 13.4. The SMILES string of the molecule is CCC[C@H](NC(=O)[C@@H](NC(=O)[C@@H](NC(=O)CC(C)C)C(C)C)C(C)C)[C@@H](O)CC(=O)N[C@@H](C)C(=O)N[C@@H](CC(C)C)[C@@H](O)CC(=O)O. The van der Waals surface area contributed by atoms with Crippen molar-refractivity contribution >= 4 is 35.5 Å². The Morgan fingerprint density at radius 2 is 1.02 bits per heavy atom. The second-order valence-electron chi connectivity index (χ2n) is 14.0. The summed E-state index contributed by atoms with van der Waals surface area (Å²) in [6, 6.07) is -4.57. The van der Waals surface area contributed by atoms with E-state index in [9.17, 15) is 39.0 Å². The summed E-state index contributed by atoms with van der Waals surface area (Å²) >= 11 is 0. The fraction of sp³-hybridized carbons (Fsp3) is 0.818. The van der Waals surface area contributed by atoms with E-state index in [1.165, 1.54) is 6.92 Å². The predicted molar refractivity (Wildman–Crippen MR) is 178 cm³/mol. The van der Waals surface area contributed by atoms with Gasteiger partial charge in [-0.05, 0) is 43.4 Å². The lowest BCUT2D eigenvalue weighted by Gasteiger charge is -2.30. The minimum atomic E-state index is -1.32. The van der Waals surface area contributed by atoms with Crippen LogP contribution in [0.5, 0.6) is 0 Å². The molecule has 5 amide bonds. The number of amides is 5. The number of hydrogen-bond donors (Lipinski definition) is 8. The van der Waals surface area contributed by atoms with Gasteiger partial charge in [0.05, 0.1) is 37.1 Å². The number of nitrogens with one attached hydrogen (secondary N) is 5. The van der Waals surface area contributed by atoms with Crippen LogP contribution in [0.3, 0.4) is 0 Å². The van der Waals surface area contributed by atoms with Gasteiger partial charge in [0.2, 0.25) is 29.5 Å². The maximum absolute atomic E-state index is 13.4. The quantitative estimate of drug-likeness (QED) is 0.0827. The standard InChI is InChI=1S/C33H61N5O9/c1-11-12-22(35-32(46)30(20(8)9)38-33(47)29(19(6)7)37-26(41)14-18(4)5)24(39)15-27(42)34-21(10)31(45)36-23(13-17(2)3)25(40)16-28(43)44/h17-25,29-30,39-40H,11-16H2,1-10H3,(H,34,42)(H,35,46)(H,36,45)(H,37,41)(H,38,47)(H,43,44)/t21-,22-,23-,24-,25-,29-,30-/m0/s1. The third-order valence-electron chi connectivity index (χ3n) is 7.56. The minimum absolute atomic E-state index is 0.0466. The lowest BCUT2D eigenvalue weighted by atomic mass is 9.97. The highest BCUT2D eigenvalue weighted by Gasteiger charge is 2.33. The van der Waals surface area contributed by atoms with Crippen LogP contribution in [0.4, 0.5) is 0 Å². The topological polar surface area (TPSA) is 223 Å². The number of aliphatic carboxylic acids is 1. The summed E-state index contributed by atoms with van der Waals surface area (Å²) in [6.07, 6.45) is -2.15. The zero-order valence-electron chi connectivity index (χ0n) is 29.9. The van der Waals surface area contributed by atoms with E-state index in [0.29, 0.717) is 19.3 Å². The number of aliphatic hydroxyl groups excluding tert-OH is 2. The first-order valence-corrected chi connectivity index (χ1v) is 16.8. The highest BCUT2D eigenvalue weighted by Crippen LogP contribution is 2.13. The van der Waals surface area contributed by atoms with Gasteiger partial charge < -0.3 is 41.9 Å². The lowest BCUT2D eigenvalue weighted by molar-refractivity contribution is -0.140. The first kappa shape index (κ1) is 43.7. The summed E-state index contributed by atoms with van der Waals surface area (Å²) in [5, 5.41) is 43.6. The molecule has 0 aliphatic rings. The van der Waals surface area contributed by atoms with Crippen molar-refractivity contribution in [2.24, 2.45) is 23.7 Å². The van der Waals surface area contributed by atoms with Crippen molar-refractivity contribution in [1.82, 2.24) is 26.6 Å². The van der Waals surface area contributed by atoms with E-state index < -0.39 is 84.9 Å². The Bertz CT molecular complexity index is 1030. The largest absolute Gasteiger partial charge is 0.481 e. The molecule has 14 heteroatoms. The van der Waals surface area contributed by atoms with Gasteiger partial charge >= 0.3 is 5.97 Å². The Balaban J connectivity index is 5.48. The molecule has 0 radical (unpaired) electrons. The summed E-state index contributed by atoms with van der Waals surface area (Å²) in [4.78, 5) is 75.6. The van der Waals surface area contributed by atoms with E-state index in [2.05, 4.69) is 26.6 Å². The first-order chi connectivity index (χ1) is 21.7. The Kier molecular flexibility index (Phi) is 20.1. The highest BCUT2D eigenvalue weighted by atomic mass is 16.4. The zero-order chi connectivity index (χ0) is 36.6. The molecule has 0 aliphatic heterocycles. The summed E-state index contributed by atoms with van der Waals surface area (Å²) in [5.74, 6) is -4.24. The molecule has 7 atom stereocenters. The fourth-order valence-corrected chi connectivity index (χ4v) is 5.01. The Morgan fingerprint density at radius 1 is 0.553 bits per heavy atom. The van der Waals surface area contributed by atoms with E-state index in [0.717, 1.165) is 0 Å². The maximum Gasteiger partial charge on any atom is 0.306 e. The molecular formula is C33H61N5O9. The zero-order valence-corrected chi connectivity index (χ0v) is 29.9. The molecule has 0 fully saturated rings. The van der Waals surface area contributed by atoms with Crippen molar-refractivity contribution in [3.05, 3.63) is 0 Å². The summed E-state index contributed by atoms with van der Waals surface area (Å²) in [5.41, 5.74) is 0. The number of rotatable bonds is 22. The predicted octanol–water partition coefficient (Wildman–Crippen LogP) is 1.22. The van der Waals surface area contributed by atoms with Crippen molar-refractivity contribution in [1.29, 1.82) is 0 Å². The molecular weight excluding hydrogens is 610 g/mol. The third-order valence-corrected chi connectivity index (χ3v) is 7.56.